The maximum absolute atomic E-state index is 12.9. The Kier molecular flexibility index (Phi) is 4.63. The smallest absolute Gasteiger partial charge is 0.388 e. The molecule has 1 heterocycles. The van der Waals surface area contributed by atoms with Gasteiger partial charge >= 0.3 is 6.18 Å². The van der Waals surface area contributed by atoms with Crippen molar-refractivity contribution in [3.05, 3.63) is 65.0 Å². The third kappa shape index (κ3) is 3.82. The highest BCUT2D eigenvalue weighted by atomic mass is 19.4. The van der Waals surface area contributed by atoms with Crippen molar-refractivity contribution < 1.29 is 18.3 Å². The number of aliphatic hydroxyl groups excluding tert-OH is 1. The van der Waals surface area contributed by atoms with Crippen LogP contribution in [0.3, 0.4) is 0 Å². The maximum atomic E-state index is 12.9. The molecule has 0 bridgehead atoms. The van der Waals surface area contributed by atoms with E-state index >= 15 is 0 Å². The molecule has 0 aliphatic rings. The molecule has 0 amide bonds. The van der Waals surface area contributed by atoms with E-state index in [-0.39, 0.29) is 12.0 Å². The minimum absolute atomic E-state index is 0.0527. The predicted molar refractivity (Wildman–Crippen MR) is 73.7 cm³/mol. The molecule has 1 aromatic carbocycles. The van der Waals surface area contributed by atoms with Crippen LogP contribution in [0.25, 0.3) is 0 Å². The molecule has 0 saturated heterocycles. The van der Waals surface area contributed by atoms with Crippen LogP contribution in [0.1, 0.15) is 35.4 Å². The van der Waals surface area contributed by atoms with Gasteiger partial charge in [0.25, 0.3) is 0 Å². The molecule has 2 rings (SSSR count). The van der Waals surface area contributed by atoms with Gasteiger partial charge in [-0.2, -0.15) is 13.2 Å². The number of hydrogen-bond donors (Lipinski definition) is 1. The lowest BCUT2D eigenvalue weighted by molar-refractivity contribution is -0.139. The van der Waals surface area contributed by atoms with Gasteiger partial charge in [-0.3, -0.25) is 4.98 Å². The number of halogens is 3. The third-order valence-corrected chi connectivity index (χ3v) is 3.32. The van der Waals surface area contributed by atoms with E-state index in [1.165, 1.54) is 18.2 Å². The zero-order valence-electron chi connectivity index (χ0n) is 11.6. The summed E-state index contributed by atoms with van der Waals surface area (Å²) in [6, 6.07) is 8.68. The molecule has 5 heteroatoms. The molecular formula is C16H16F3NO. The minimum Gasteiger partial charge on any atom is -0.388 e. The molecule has 0 fully saturated rings. The van der Waals surface area contributed by atoms with Crippen LogP contribution in [-0.2, 0) is 19.0 Å². The fourth-order valence-electron chi connectivity index (χ4n) is 2.14. The van der Waals surface area contributed by atoms with E-state index in [9.17, 15) is 18.3 Å². The number of nitrogens with zero attached hydrogens (tertiary/aromatic N) is 1. The first-order chi connectivity index (χ1) is 9.91. The van der Waals surface area contributed by atoms with Crippen LogP contribution in [-0.4, -0.2) is 10.1 Å². The lowest BCUT2D eigenvalue weighted by Gasteiger charge is -2.17. The van der Waals surface area contributed by atoms with Gasteiger partial charge in [-0.25, -0.2) is 0 Å². The quantitative estimate of drug-likeness (QED) is 0.926. The average Bonchev–Trinajstić information content (AvgIpc) is 2.47. The number of aromatic nitrogens is 1. The number of pyridine rings is 1. The molecular weight excluding hydrogens is 279 g/mol. The summed E-state index contributed by atoms with van der Waals surface area (Å²) in [5, 5.41) is 10.1. The molecule has 0 aliphatic heterocycles. The van der Waals surface area contributed by atoms with Gasteiger partial charge in [0.1, 0.15) is 0 Å². The van der Waals surface area contributed by atoms with Crippen LogP contribution in [0.15, 0.2) is 42.6 Å². The summed E-state index contributed by atoms with van der Waals surface area (Å²) in [4.78, 5) is 4.17. The summed E-state index contributed by atoms with van der Waals surface area (Å²) >= 11 is 0. The van der Waals surface area contributed by atoms with Crippen molar-refractivity contribution in [1.29, 1.82) is 0 Å². The van der Waals surface area contributed by atoms with Crippen molar-refractivity contribution in [3.8, 4) is 0 Å². The second-order valence-electron chi connectivity index (χ2n) is 4.82. The first kappa shape index (κ1) is 15.5. The first-order valence-corrected chi connectivity index (χ1v) is 6.69. The summed E-state index contributed by atoms with van der Waals surface area (Å²) in [5.41, 5.74) is 0.689. The number of hydrogen-bond acceptors (Lipinski definition) is 2. The number of aliphatic hydroxyl groups is 1. The molecule has 0 radical (unpaired) electrons. The molecule has 112 valence electrons. The summed E-state index contributed by atoms with van der Waals surface area (Å²) in [5.74, 6) is 0. The fourth-order valence-corrected chi connectivity index (χ4v) is 2.14. The number of rotatable bonds is 4. The molecule has 2 aromatic rings. The highest BCUT2D eigenvalue weighted by molar-refractivity contribution is 5.32. The first-order valence-electron chi connectivity index (χ1n) is 6.69. The van der Waals surface area contributed by atoms with Gasteiger partial charge in [-0.15, -0.1) is 0 Å². The Bertz CT molecular complexity index is 593. The molecule has 0 spiro atoms. The zero-order chi connectivity index (χ0) is 15.5. The summed E-state index contributed by atoms with van der Waals surface area (Å²) < 4.78 is 38.8. The van der Waals surface area contributed by atoms with Gasteiger partial charge in [0, 0.05) is 18.3 Å². The number of benzene rings is 1. The van der Waals surface area contributed by atoms with Crippen molar-refractivity contribution in [2.75, 3.05) is 0 Å². The van der Waals surface area contributed by atoms with Crippen LogP contribution >= 0.6 is 0 Å². The van der Waals surface area contributed by atoms with E-state index in [0.717, 1.165) is 18.1 Å². The van der Waals surface area contributed by atoms with Gasteiger partial charge in [-0.05, 0) is 29.7 Å². The standard InChI is InChI=1S/C16H16F3NO/c1-2-11-7-8-12(20-10-11)9-15(21)13-5-3-4-6-14(13)16(17,18)19/h3-8,10,15,21H,2,9H2,1H3. The van der Waals surface area contributed by atoms with Crippen LogP contribution in [0.2, 0.25) is 0 Å². The van der Waals surface area contributed by atoms with Crippen molar-refractivity contribution in [3.63, 3.8) is 0 Å². The second kappa shape index (κ2) is 6.26. The highest BCUT2D eigenvalue weighted by Gasteiger charge is 2.34. The van der Waals surface area contributed by atoms with E-state index in [2.05, 4.69) is 4.98 Å². The van der Waals surface area contributed by atoms with E-state index in [4.69, 9.17) is 0 Å². The van der Waals surface area contributed by atoms with Crippen LogP contribution in [0.5, 0.6) is 0 Å². The van der Waals surface area contributed by atoms with Crippen LogP contribution < -0.4 is 0 Å². The Hall–Kier alpha value is -1.88. The van der Waals surface area contributed by atoms with Crippen molar-refractivity contribution in [2.45, 2.75) is 32.0 Å². The molecule has 2 nitrogen and oxygen atoms in total. The Morgan fingerprint density at radius 3 is 2.43 bits per heavy atom. The third-order valence-electron chi connectivity index (χ3n) is 3.32. The topological polar surface area (TPSA) is 33.1 Å². The molecule has 1 aromatic heterocycles. The highest BCUT2D eigenvalue weighted by Crippen LogP contribution is 2.35. The Labute approximate surface area is 121 Å². The lowest BCUT2D eigenvalue weighted by atomic mass is 9.98. The Morgan fingerprint density at radius 1 is 1.14 bits per heavy atom. The van der Waals surface area contributed by atoms with Crippen molar-refractivity contribution in [2.24, 2.45) is 0 Å². The molecule has 1 N–H and O–H groups in total. The second-order valence-corrected chi connectivity index (χ2v) is 4.82. The Morgan fingerprint density at radius 2 is 1.86 bits per heavy atom. The van der Waals surface area contributed by atoms with Gasteiger partial charge in [0.05, 0.1) is 11.7 Å². The summed E-state index contributed by atoms with van der Waals surface area (Å²) in [6.45, 7) is 1.99. The lowest BCUT2D eigenvalue weighted by Crippen LogP contribution is -2.13. The molecule has 0 saturated carbocycles. The maximum Gasteiger partial charge on any atom is 0.416 e. The van der Waals surface area contributed by atoms with E-state index in [0.29, 0.717) is 5.69 Å². The van der Waals surface area contributed by atoms with Gasteiger partial charge < -0.3 is 5.11 Å². The Balaban J connectivity index is 2.22. The summed E-state index contributed by atoms with van der Waals surface area (Å²) in [7, 11) is 0. The van der Waals surface area contributed by atoms with Gasteiger partial charge in [0.15, 0.2) is 0 Å². The van der Waals surface area contributed by atoms with Crippen LogP contribution in [0, 0.1) is 0 Å². The largest absolute Gasteiger partial charge is 0.416 e. The molecule has 1 atom stereocenters. The average molecular weight is 295 g/mol. The van der Waals surface area contributed by atoms with Crippen molar-refractivity contribution in [1.82, 2.24) is 4.98 Å². The minimum atomic E-state index is -4.48. The van der Waals surface area contributed by atoms with E-state index < -0.39 is 17.8 Å². The molecule has 0 aliphatic carbocycles. The SMILES string of the molecule is CCc1ccc(CC(O)c2ccccc2C(F)(F)F)nc1. The van der Waals surface area contributed by atoms with E-state index in [1.807, 2.05) is 13.0 Å². The number of alkyl halides is 3. The van der Waals surface area contributed by atoms with E-state index in [1.54, 1.807) is 12.3 Å². The van der Waals surface area contributed by atoms with Crippen LogP contribution in [0.4, 0.5) is 13.2 Å². The summed E-state index contributed by atoms with van der Waals surface area (Å²) in [6.07, 6.45) is -3.14. The van der Waals surface area contributed by atoms with Gasteiger partial charge in [0.2, 0.25) is 0 Å². The zero-order valence-corrected chi connectivity index (χ0v) is 11.6. The fraction of sp³-hybridized carbons (Fsp3) is 0.312. The van der Waals surface area contributed by atoms with Crippen molar-refractivity contribution >= 4 is 0 Å². The molecule has 21 heavy (non-hydrogen) atoms. The normalized spacial score (nSPS) is 13.2. The number of aryl methyl sites for hydroxylation is 1. The van der Waals surface area contributed by atoms with Gasteiger partial charge in [-0.1, -0.05) is 31.2 Å². The molecule has 1 unspecified atom stereocenters. The predicted octanol–water partition coefficient (Wildman–Crippen LogP) is 3.94. The monoisotopic (exact) mass is 295 g/mol.